The number of aliphatic hydroxyl groups excluding tert-OH is 1. The zero-order valence-electron chi connectivity index (χ0n) is 15.6. The van der Waals surface area contributed by atoms with Crippen LogP contribution in [0.3, 0.4) is 0 Å². The molecule has 0 bridgehead atoms. The van der Waals surface area contributed by atoms with Crippen molar-refractivity contribution in [2.75, 3.05) is 26.7 Å². The van der Waals surface area contributed by atoms with Crippen molar-refractivity contribution in [1.82, 2.24) is 4.90 Å². The molecule has 1 aliphatic carbocycles. The summed E-state index contributed by atoms with van der Waals surface area (Å²) in [6.07, 6.45) is 3.93. The van der Waals surface area contributed by atoms with Gasteiger partial charge in [-0.2, -0.15) is 0 Å². The van der Waals surface area contributed by atoms with Gasteiger partial charge in [-0.25, -0.2) is 0 Å². The maximum absolute atomic E-state index is 10.8. The first kappa shape index (κ1) is 17.6. The van der Waals surface area contributed by atoms with Crippen molar-refractivity contribution in [3.63, 3.8) is 0 Å². The van der Waals surface area contributed by atoms with E-state index in [2.05, 4.69) is 41.3 Å². The first-order chi connectivity index (χ1) is 12.7. The van der Waals surface area contributed by atoms with Gasteiger partial charge in [0.1, 0.15) is 5.75 Å². The summed E-state index contributed by atoms with van der Waals surface area (Å²) in [6.45, 7) is 3.43. The van der Waals surface area contributed by atoms with E-state index in [4.69, 9.17) is 4.74 Å². The minimum atomic E-state index is -0.375. The molecule has 4 rings (SSSR count). The molecule has 3 nitrogen and oxygen atoms in total. The fourth-order valence-electron chi connectivity index (χ4n) is 4.68. The Hall–Kier alpha value is -1.84. The predicted octanol–water partition coefficient (Wildman–Crippen LogP) is 4.17. The lowest BCUT2D eigenvalue weighted by Crippen LogP contribution is -2.28. The zero-order valence-corrected chi connectivity index (χ0v) is 15.6. The van der Waals surface area contributed by atoms with Gasteiger partial charge in [-0.1, -0.05) is 36.4 Å². The first-order valence-electron chi connectivity index (χ1n) is 9.85. The van der Waals surface area contributed by atoms with Crippen LogP contribution in [-0.4, -0.2) is 36.8 Å². The molecule has 1 fully saturated rings. The van der Waals surface area contributed by atoms with Crippen molar-refractivity contribution < 1.29 is 9.84 Å². The third kappa shape index (κ3) is 3.79. The number of fused-ring (bicyclic) bond motifs is 1. The smallest absolute Gasteiger partial charge is 0.119 e. The number of hydrogen-bond acceptors (Lipinski definition) is 3. The maximum atomic E-state index is 10.8. The van der Waals surface area contributed by atoms with Crippen molar-refractivity contribution in [2.45, 2.75) is 37.7 Å². The number of rotatable bonds is 4. The fraction of sp³-hybridized carbons (Fsp3) is 0.478. The lowest BCUT2D eigenvalue weighted by atomic mass is 9.97. The van der Waals surface area contributed by atoms with Gasteiger partial charge in [-0.05, 0) is 72.9 Å². The molecule has 3 heteroatoms. The molecule has 26 heavy (non-hydrogen) atoms. The molecule has 1 saturated heterocycles. The van der Waals surface area contributed by atoms with Crippen LogP contribution in [0.1, 0.15) is 48.0 Å². The van der Waals surface area contributed by atoms with Gasteiger partial charge in [0, 0.05) is 13.1 Å². The van der Waals surface area contributed by atoms with Gasteiger partial charge in [0.05, 0.1) is 13.2 Å². The molecular weight excluding hydrogens is 322 g/mol. The van der Waals surface area contributed by atoms with Crippen molar-refractivity contribution >= 4 is 0 Å². The Balaban J connectivity index is 1.38. The predicted molar refractivity (Wildman–Crippen MR) is 105 cm³/mol. The number of aliphatic hydroxyl groups is 1. The lowest BCUT2D eigenvalue weighted by molar-refractivity contribution is 0.131. The molecule has 1 N–H and O–H groups in total. The SMILES string of the molecule is COc1ccc2c(c1)C(O)CC(CN1CCC(c3ccccc3)C1)CC2. The monoisotopic (exact) mass is 351 g/mol. The van der Waals surface area contributed by atoms with Crippen LogP contribution in [0.5, 0.6) is 5.75 Å². The number of aryl methyl sites for hydroxylation is 1. The standard InChI is InChI=1S/C23H29NO2/c1-26-21-10-9-19-8-7-17(13-23(25)22(19)14-21)15-24-12-11-20(16-24)18-5-3-2-4-6-18/h2-6,9-10,14,17,20,23,25H,7-8,11-13,15-16H2,1H3. The van der Waals surface area contributed by atoms with Crippen LogP contribution in [0.15, 0.2) is 48.5 Å². The first-order valence-corrected chi connectivity index (χ1v) is 9.85. The van der Waals surface area contributed by atoms with Crippen molar-refractivity contribution in [2.24, 2.45) is 5.92 Å². The van der Waals surface area contributed by atoms with E-state index < -0.39 is 0 Å². The van der Waals surface area contributed by atoms with E-state index in [1.54, 1.807) is 7.11 Å². The van der Waals surface area contributed by atoms with Gasteiger partial charge in [0.2, 0.25) is 0 Å². The van der Waals surface area contributed by atoms with Crippen LogP contribution < -0.4 is 4.74 Å². The number of likely N-dealkylation sites (tertiary alicyclic amines) is 1. The third-order valence-corrected chi connectivity index (χ3v) is 6.15. The second kappa shape index (κ2) is 7.81. The van der Waals surface area contributed by atoms with E-state index in [1.165, 1.54) is 24.1 Å². The normalized spacial score (nSPS) is 26.3. The van der Waals surface area contributed by atoms with E-state index in [1.807, 2.05) is 12.1 Å². The van der Waals surface area contributed by atoms with E-state index in [0.717, 1.165) is 43.7 Å². The van der Waals surface area contributed by atoms with E-state index in [-0.39, 0.29) is 6.10 Å². The molecule has 138 valence electrons. The van der Waals surface area contributed by atoms with Crippen LogP contribution >= 0.6 is 0 Å². The maximum Gasteiger partial charge on any atom is 0.119 e. The van der Waals surface area contributed by atoms with Gasteiger partial charge in [0.15, 0.2) is 0 Å². The molecule has 2 aliphatic rings. The molecule has 0 spiro atoms. The number of nitrogens with zero attached hydrogens (tertiary/aromatic N) is 1. The molecule has 2 aromatic carbocycles. The highest BCUT2D eigenvalue weighted by molar-refractivity contribution is 5.38. The summed E-state index contributed by atoms with van der Waals surface area (Å²) in [7, 11) is 1.68. The van der Waals surface area contributed by atoms with Gasteiger partial charge in [-0.3, -0.25) is 0 Å². The molecule has 3 atom stereocenters. The molecule has 0 radical (unpaired) electrons. The van der Waals surface area contributed by atoms with Gasteiger partial charge >= 0.3 is 0 Å². The Morgan fingerprint density at radius 1 is 1.12 bits per heavy atom. The van der Waals surface area contributed by atoms with Crippen molar-refractivity contribution in [1.29, 1.82) is 0 Å². The topological polar surface area (TPSA) is 32.7 Å². The van der Waals surface area contributed by atoms with Gasteiger partial charge in [0.25, 0.3) is 0 Å². The Bertz CT molecular complexity index is 730. The van der Waals surface area contributed by atoms with Gasteiger partial charge in [-0.15, -0.1) is 0 Å². The Kier molecular flexibility index (Phi) is 5.28. The molecule has 1 aliphatic heterocycles. The molecule has 0 amide bonds. The largest absolute Gasteiger partial charge is 0.497 e. The number of ether oxygens (including phenoxy) is 1. The molecular formula is C23H29NO2. The third-order valence-electron chi connectivity index (χ3n) is 6.15. The highest BCUT2D eigenvalue weighted by atomic mass is 16.5. The zero-order chi connectivity index (χ0) is 17.9. The van der Waals surface area contributed by atoms with Crippen LogP contribution in [0.4, 0.5) is 0 Å². The number of benzene rings is 2. The summed E-state index contributed by atoms with van der Waals surface area (Å²) in [4.78, 5) is 2.60. The lowest BCUT2D eigenvalue weighted by Gasteiger charge is -2.24. The average molecular weight is 351 g/mol. The van der Waals surface area contributed by atoms with Crippen LogP contribution in [0.25, 0.3) is 0 Å². The summed E-state index contributed by atoms with van der Waals surface area (Å²) >= 11 is 0. The Morgan fingerprint density at radius 2 is 1.96 bits per heavy atom. The second-order valence-electron chi connectivity index (χ2n) is 7.88. The highest BCUT2D eigenvalue weighted by Gasteiger charge is 2.29. The van der Waals surface area contributed by atoms with E-state index in [0.29, 0.717) is 11.8 Å². The van der Waals surface area contributed by atoms with Crippen LogP contribution in [-0.2, 0) is 6.42 Å². The molecule has 3 unspecified atom stereocenters. The summed E-state index contributed by atoms with van der Waals surface area (Å²) in [5, 5.41) is 10.8. The quantitative estimate of drug-likeness (QED) is 0.839. The number of methoxy groups -OCH3 is 1. The Morgan fingerprint density at radius 3 is 2.77 bits per heavy atom. The van der Waals surface area contributed by atoms with Crippen molar-refractivity contribution in [3.05, 3.63) is 65.2 Å². The average Bonchev–Trinajstić information content (AvgIpc) is 3.09. The minimum Gasteiger partial charge on any atom is -0.497 e. The summed E-state index contributed by atoms with van der Waals surface area (Å²) < 4.78 is 5.34. The van der Waals surface area contributed by atoms with E-state index in [9.17, 15) is 5.11 Å². The van der Waals surface area contributed by atoms with Gasteiger partial charge < -0.3 is 14.7 Å². The highest BCUT2D eigenvalue weighted by Crippen LogP contribution is 2.35. The molecule has 0 saturated carbocycles. The molecule has 2 aromatic rings. The van der Waals surface area contributed by atoms with Crippen molar-refractivity contribution in [3.8, 4) is 5.75 Å². The summed E-state index contributed by atoms with van der Waals surface area (Å²) in [6, 6.07) is 17.1. The molecule has 0 aromatic heterocycles. The molecule has 1 heterocycles. The van der Waals surface area contributed by atoms with Crippen LogP contribution in [0, 0.1) is 5.92 Å². The summed E-state index contributed by atoms with van der Waals surface area (Å²) in [5.74, 6) is 2.05. The second-order valence-corrected chi connectivity index (χ2v) is 7.88. The number of hydrogen-bond donors (Lipinski definition) is 1. The minimum absolute atomic E-state index is 0.375. The van der Waals surface area contributed by atoms with E-state index >= 15 is 0 Å². The fourth-order valence-corrected chi connectivity index (χ4v) is 4.68. The van der Waals surface area contributed by atoms with Crippen LogP contribution in [0.2, 0.25) is 0 Å². The Labute approximate surface area is 156 Å². The summed E-state index contributed by atoms with van der Waals surface area (Å²) in [5.41, 5.74) is 3.82.